The topological polar surface area (TPSA) is 86.9 Å². The van der Waals surface area contributed by atoms with E-state index in [0.29, 0.717) is 22.6 Å². The molecule has 132 valence electrons. The summed E-state index contributed by atoms with van der Waals surface area (Å²) in [5.41, 5.74) is 3.00. The number of aromatic nitrogens is 2. The molecule has 4 rings (SSSR count). The fourth-order valence-electron chi connectivity index (χ4n) is 2.76. The van der Waals surface area contributed by atoms with E-state index in [4.69, 9.17) is 0 Å². The molecular weight excluding hydrogens is 340 g/mol. The maximum atomic E-state index is 12.6. The molecule has 0 spiro atoms. The van der Waals surface area contributed by atoms with E-state index in [-0.39, 0.29) is 11.8 Å². The maximum absolute atomic E-state index is 12.6. The summed E-state index contributed by atoms with van der Waals surface area (Å²) in [4.78, 5) is 31.9. The molecule has 27 heavy (non-hydrogen) atoms. The lowest BCUT2D eigenvalue weighted by Gasteiger charge is -2.08. The lowest BCUT2D eigenvalue weighted by Crippen LogP contribution is -2.15. The van der Waals surface area contributed by atoms with Gasteiger partial charge in [0.05, 0.1) is 0 Å². The number of rotatable bonds is 4. The molecule has 6 heteroatoms. The first kappa shape index (κ1) is 16.5. The molecule has 0 saturated heterocycles. The van der Waals surface area contributed by atoms with Crippen LogP contribution in [0.3, 0.4) is 0 Å². The van der Waals surface area contributed by atoms with Gasteiger partial charge in [-0.2, -0.15) is 0 Å². The Bertz CT molecular complexity index is 1120. The van der Waals surface area contributed by atoms with Gasteiger partial charge < -0.3 is 15.6 Å². The van der Waals surface area contributed by atoms with Gasteiger partial charge in [0, 0.05) is 40.2 Å². The predicted octanol–water partition coefficient (Wildman–Crippen LogP) is 4.07. The molecule has 0 aliphatic heterocycles. The number of aromatic amines is 1. The normalized spacial score (nSPS) is 10.5. The van der Waals surface area contributed by atoms with Gasteiger partial charge in [-0.3, -0.25) is 14.6 Å². The summed E-state index contributed by atoms with van der Waals surface area (Å²) in [6.07, 6.45) is 3.41. The molecule has 0 bridgehead atoms. The molecule has 0 unspecified atom stereocenters. The second kappa shape index (κ2) is 7.13. The first-order chi connectivity index (χ1) is 13.2. The minimum absolute atomic E-state index is 0.251. The van der Waals surface area contributed by atoms with E-state index in [1.807, 2.05) is 30.5 Å². The first-order valence-corrected chi connectivity index (χ1v) is 8.40. The number of fused-ring (bicyclic) bond motifs is 1. The summed E-state index contributed by atoms with van der Waals surface area (Å²) in [6.45, 7) is 0. The van der Waals surface area contributed by atoms with Crippen molar-refractivity contribution < 1.29 is 9.59 Å². The van der Waals surface area contributed by atoms with Crippen LogP contribution in [-0.4, -0.2) is 21.8 Å². The van der Waals surface area contributed by atoms with Gasteiger partial charge in [0.15, 0.2) is 0 Å². The SMILES string of the molecule is O=C(Nc1ccc2[nH]ccc2c1)c1cccc(NC(=O)c2ccccn2)c1. The Hall–Kier alpha value is -3.93. The van der Waals surface area contributed by atoms with E-state index in [2.05, 4.69) is 20.6 Å². The Kier molecular flexibility index (Phi) is 4.37. The smallest absolute Gasteiger partial charge is 0.274 e. The molecule has 0 fully saturated rings. The summed E-state index contributed by atoms with van der Waals surface area (Å²) in [6, 6.07) is 19.5. The molecule has 2 aromatic heterocycles. The van der Waals surface area contributed by atoms with Gasteiger partial charge in [0.25, 0.3) is 11.8 Å². The molecule has 3 N–H and O–H groups in total. The maximum Gasteiger partial charge on any atom is 0.274 e. The van der Waals surface area contributed by atoms with E-state index in [9.17, 15) is 9.59 Å². The molecule has 2 heterocycles. The number of amides is 2. The van der Waals surface area contributed by atoms with Crippen LogP contribution in [0.2, 0.25) is 0 Å². The average molecular weight is 356 g/mol. The van der Waals surface area contributed by atoms with Crippen LogP contribution in [0.5, 0.6) is 0 Å². The lowest BCUT2D eigenvalue weighted by molar-refractivity contribution is 0.101. The summed E-state index contributed by atoms with van der Waals surface area (Å²) >= 11 is 0. The third-order valence-electron chi connectivity index (χ3n) is 4.09. The highest BCUT2D eigenvalue weighted by atomic mass is 16.2. The fourth-order valence-corrected chi connectivity index (χ4v) is 2.76. The van der Waals surface area contributed by atoms with Crippen molar-refractivity contribution in [3.05, 3.63) is 90.4 Å². The van der Waals surface area contributed by atoms with Crippen molar-refractivity contribution in [3.8, 4) is 0 Å². The van der Waals surface area contributed by atoms with Crippen molar-refractivity contribution in [1.82, 2.24) is 9.97 Å². The minimum Gasteiger partial charge on any atom is -0.361 e. The van der Waals surface area contributed by atoms with Crippen molar-refractivity contribution in [2.75, 3.05) is 10.6 Å². The van der Waals surface area contributed by atoms with Crippen molar-refractivity contribution in [3.63, 3.8) is 0 Å². The fraction of sp³-hybridized carbons (Fsp3) is 0. The number of carbonyl (C=O) groups excluding carboxylic acids is 2. The molecule has 0 aliphatic carbocycles. The van der Waals surface area contributed by atoms with Crippen molar-refractivity contribution in [1.29, 1.82) is 0 Å². The van der Waals surface area contributed by atoms with Crippen LogP contribution in [0.4, 0.5) is 11.4 Å². The Balaban J connectivity index is 1.49. The van der Waals surface area contributed by atoms with Gasteiger partial charge in [-0.15, -0.1) is 0 Å². The zero-order valence-corrected chi connectivity index (χ0v) is 14.3. The highest BCUT2D eigenvalue weighted by molar-refractivity contribution is 6.07. The lowest BCUT2D eigenvalue weighted by atomic mass is 10.1. The zero-order valence-electron chi connectivity index (χ0n) is 14.3. The second-order valence-corrected chi connectivity index (χ2v) is 5.98. The van der Waals surface area contributed by atoms with Crippen LogP contribution in [0.15, 0.2) is 79.1 Å². The van der Waals surface area contributed by atoms with Crippen LogP contribution >= 0.6 is 0 Å². The molecule has 4 aromatic rings. The number of pyridine rings is 1. The third kappa shape index (κ3) is 3.69. The Morgan fingerprint density at radius 2 is 1.67 bits per heavy atom. The molecule has 2 aromatic carbocycles. The van der Waals surface area contributed by atoms with E-state index >= 15 is 0 Å². The predicted molar refractivity (Wildman–Crippen MR) is 105 cm³/mol. The minimum atomic E-state index is -0.328. The zero-order chi connectivity index (χ0) is 18.6. The summed E-state index contributed by atoms with van der Waals surface area (Å²) in [5.74, 6) is -0.579. The number of benzene rings is 2. The monoisotopic (exact) mass is 356 g/mol. The number of hydrogen-bond acceptors (Lipinski definition) is 3. The molecule has 0 saturated carbocycles. The molecule has 0 radical (unpaired) electrons. The summed E-state index contributed by atoms with van der Waals surface area (Å²) < 4.78 is 0. The molecule has 0 atom stereocenters. The van der Waals surface area contributed by atoms with Crippen molar-refractivity contribution >= 4 is 34.1 Å². The van der Waals surface area contributed by atoms with Gasteiger partial charge in [-0.1, -0.05) is 12.1 Å². The Morgan fingerprint density at radius 3 is 2.52 bits per heavy atom. The van der Waals surface area contributed by atoms with Crippen molar-refractivity contribution in [2.45, 2.75) is 0 Å². The molecular formula is C21H16N4O2. The van der Waals surface area contributed by atoms with Gasteiger partial charge in [-0.05, 0) is 54.6 Å². The van der Waals surface area contributed by atoms with Crippen LogP contribution in [0, 0.1) is 0 Å². The number of nitrogens with zero attached hydrogens (tertiary/aromatic N) is 1. The number of anilines is 2. The van der Waals surface area contributed by atoms with Gasteiger partial charge in [-0.25, -0.2) is 0 Å². The van der Waals surface area contributed by atoms with E-state index < -0.39 is 0 Å². The largest absolute Gasteiger partial charge is 0.361 e. The van der Waals surface area contributed by atoms with Crippen LogP contribution in [-0.2, 0) is 0 Å². The van der Waals surface area contributed by atoms with Crippen molar-refractivity contribution in [2.24, 2.45) is 0 Å². The summed E-state index contributed by atoms with van der Waals surface area (Å²) in [5, 5.41) is 6.64. The highest BCUT2D eigenvalue weighted by Gasteiger charge is 2.10. The number of H-pyrrole nitrogens is 1. The molecule has 2 amide bonds. The number of hydrogen-bond donors (Lipinski definition) is 3. The number of nitrogens with one attached hydrogen (secondary N) is 3. The average Bonchev–Trinajstić information content (AvgIpc) is 3.16. The van der Waals surface area contributed by atoms with E-state index in [1.54, 1.807) is 48.7 Å². The number of carbonyl (C=O) groups is 2. The second-order valence-electron chi connectivity index (χ2n) is 5.98. The van der Waals surface area contributed by atoms with Gasteiger partial charge in [0.1, 0.15) is 5.69 Å². The highest BCUT2D eigenvalue weighted by Crippen LogP contribution is 2.19. The molecule has 6 nitrogen and oxygen atoms in total. The van der Waals surface area contributed by atoms with E-state index in [0.717, 1.165) is 10.9 Å². The van der Waals surface area contributed by atoms with E-state index in [1.165, 1.54) is 0 Å². The summed E-state index contributed by atoms with van der Waals surface area (Å²) in [7, 11) is 0. The van der Waals surface area contributed by atoms with Crippen LogP contribution < -0.4 is 10.6 Å². The standard InChI is InChI=1S/C21H16N4O2/c26-20(24-17-7-8-18-14(12-17)9-11-23-18)15-4-3-5-16(13-15)25-21(27)19-6-1-2-10-22-19/h1-13,23H,(H,24,26)(H,25,27). The molecule has 0 aliphatic rings. The van der Waals surface area contributed by atoms with Gasteiger partial charge in [0.2, 0.25) is 0 Å². The quantitative estimate of drug-likeness (QED) is 0.515. The first-order valence-electron chi connectivity index (χ1n) is 8.40. The van der Waals surface area contributed by atoms with Gasteiger partial charge >= 0.3 is 0 Å². The Labute approximate surface area is 155 Å². The van der Waals surface area contributed by atoms with Crippen LogP contribution in [0.25, 0.3) is 10.9 Å². The van der Waals surface area contributed by atoms with Crippen LogP contribution in [0.1, 0.15) is 20.8 Å². The Morgan fingerprint density at radius 1 is 0.815 bits per heavy atom. The third-order valence-corrected chi connectivity index (χ3v) is 4.09.